The van der Waals surface area contributed by atoms with E-state index < -0.39 is 39.8 Å². The molecule has 0 heterocycles. The van der Waals surface area contributed by atoms with Crippen LogP contribution in [0.1, 0.15) is 52.5 Å². The molecule has 0 aliphatic rings. The van der Waals surface area contributed by atoms with Gasteiger partial charge in [0.15, 0.2) is 31.0 Å². The Hall–Kier alpha value is -2.57. The van der Waals surface area contributed by atoms with Crippen molar-refractivity contribution in [3.63, 3.8) is 0 Å². The van der Waals surface area contributed by atoms with E-state index in [1.54, 1.807) is 0 Å². The molecule has 12 heteroatoms. The zero-order chi connectivity index (χ0) is 32.0. The first-order chi connectivity index (χ1) is 19.3. The molecule has 3 aromatic rings. The highest BCUT2D eigenvalue weighted by molar-refractivity contribution is 7.97. The quantitative estimate of drug-likeness (QED) is 0.127. The average molecular weight is 639 g/mol. The number of unbranched alkanes of at least 4 members (excludes halogenated alkanes) is 1. The van der Waals surface area contributed by atoms with Gasteiger partial charge in [-0.25, -0.2) is 12.8 Å². The molecular formula is C30H33F7O3S2. The van der Waals surface area contributed by atoms with Crippen LogP contribution in [0.5, 0.6) is 0 Å². The van der Waals surface area contributed by atoms with E-state index in [4.69, 9.17) is 0 Å². The molecule has 0 radical (unpaired) electrons. The van der Waals surface area contributed by atoms with Crippen LogP contribution in [0.3, 0.4) is 0 Å². The van der Waals surface area contributed by atoms with Crippen LogP contribution >= 0.6 is 0 Å². The van der Waals surface area contributed by atoms with Gasteiger partial charge in [0.05, 0.1) is 10.9 Å². The third-order valence-electron chi connectivity index (χ3n) is 6.22. The maximum Gasteiger partial charge on any atom is 0.402 e. The molecule has 0 spiro atoms. The molecule has 0 aromatic heterocycles. The summed E-state index contributed by atoms with van der Waals surface area (Å²) in [7, 11) is -7.13. The van der Waals surface area contributed by atoms with Crippen LogP contribution in [-0.2, 0) is 26.4 Å². The second-order valence-electron chi connectivity index (χ2n) is 10.5. The highest BCUT2D eigenvalue weighted by Gasteiger charge is 2.77. The van der Waals surface area contributed by atoms with Crippen molar-refractivity contribution in [2.45, 2.75) is 90.3 Å². The zero-order valence-corrected chi connectivity index (χ0v) is 25.1. The average Bonchev–Trinajstić information content (AvgIpc) is 2.92. The first-order valence-electron chi connectivity index (χ1n) is 13.0. The van der Waals surface area contributed by atoms with Gasteiger partial charge in [-0.1, -0.05) is 89.1 Å². The van der Waals surface area contributed by atoms with Gasteiger partial charge in [-0.15, -0.1) is 0 Å². The van der Waals surface area contributed by atoms with E-state index in [-0.39, 0.29) is 29.2 Å². The third-order valence-corrected chi connectivity index (χ3v) is 9.33. The Morgan fingerprint density at radius 1 is 0.738 bits per heavy atom. The smallest absolute Gasteiger partial charge is 0.402 e. The molecule has 0 saturated heterocycles. The van der Waals surface area contributed by atoms with Crippen LogP contribution in [-0.4, -0.2) is 36.2 Å². The minimum absolute atomic E-state index is 0.0497. The van der Waals surface area contributed by atoms with Crippen LogP contribution in [0, 0.1) is 0 Å². The van der Waals surface area contributed by atoms with E-state index in [0.29, 0.717) is 0 Å². The highest BCUT2D eigenvalue weighted by Crippen LogP contribution is 2.50. The van der Waals surface area contributed by atoms with Crippen molar-refractivity contribution in [2.24, 2.45) is 0 Å². The summed E-state index contributed by atoms with van der Waals surface area (Å²) in [6.45, 7) is 8.18. The standard InChI is InChI=1S/C22H23S.C8H11F7O3S/c1-22(2,3)18-14-16-21(17-15-18)23(19-10-6-4-7-11-19)20-12-8-5-9-13-20;1-2-3-4-5(9)6(10,11)7(12,13)8(14,15)19(16,17)18/h4-17H,1-3H3;5H,2-4H2,1H3,(H,16,17,18)/q+1;/p-1. The normalized spacial score (nSPS) is 13.8. The molecule has 42 heavy (non-hydrogen) atoms. The van der Waals surface area contributed by atoms with Gasteiger partial charge in [-0.3, -0.25) is 0 Å². The number of benzene rings is 3. The van der Waals surface area contributed by atoms with Gasteiger partial charge < -0.3 is 4.55 Å². The van der Waals surface area contributed by atoms with E-state index in [1.165, 1.54) is 27.2 Å². The van der Waals surface area contributed by atoms with Crippen molar-refractivity contribution in [2.75, 3.05) is 0 Å². The lowest BCUT2D eigenvalue weighted by Gasteiger charge is -2.35. The maximum atomic E-state index is 12.9. The van der Waals surface area contributed by atoms with Gasteiger partial charge >= 0.3 is 17.1 Å². The summed E-state index contributed by atoms with van der Waals surface area (Å²) in [5.41, 5.74) is 1.57. The fourth-order valence-electron chi connectivity index (χ4n) is 3.72. The second-order valence-corrected chi connectivity index (χ2v) is 13.9. The minimum atomic E-state index is -7.08. The summed E-state index contributed by atoms with van der Waals surface area (Å²) in [5.74, 6) is -12.6. The fourth-order valence-corrected chi connectivity index (χ4v) is 6.26. The summed E-state index contributed by atoms with van der Waals surface area (Å²) >= 11 is 0. The summed E-state index contributed by atoms with van der Waals surface area (Å²) in [5, 5.41) is -6.61. The van der Waals surface area contributed by atoms with Crippen molar-refractivity contribution in [1.82, 2.24) is 0 Å². The fraction of sp³-hybridized carbons (Fsp3) is 0.400. The highest BCUT2D eigenvalue weighted by atomic mass is 32.2. The number of hydrogen-bond acceptors (Lipinski definition) is 3. The molecular weight excluding hydrogens is 605 g/mol. The van der Waals surface area contributed by atoms with Crippen LogP contribution < -0.4 is 0 Å². The van der Waals surface area contributed by atoms with Gasteiger partial charge in [0, 0.05) is 0 Å². The molecule has 232 valence electrons. The topological polar surface area (TPSA) is 57.2 Å². The van der Waals surface area contributed by atoms with Gasteiger partial charge in [-0.05, 0) is 53.8 Å². The lowest BCUT2D eigenvalue weighted by Crippen LogP contribution is -2.61. The minimum Gasteiger partial charge on any atom is -0.743 e. The Morgan fingerprint density at radius 2 is 1.14 bits per heavy atom. The van der Waals surface area contributed by atoms with Crippen molar-refractivity contribution >= 4 is 21.0 Å². The molecule has 0 aliphatic heterocycles. The predicted molar refractivity (Wildman–Crippen MR) is 149 cm³/mol. The largest absolute Gasteiger partial charge is 0.743 e. The SMILES string of the molecule is CC(C)(C)c1ccc([S+](c2ccccc2)c2ccccc2)cc1.CCCCC(F)C(F)(F)C(F)(F)C(F)(F)S(=O)(=O)[O-]. The third kappa shape index (κ3) is 8.08. The van der Waals surface area contributed by atoms with Gasteiger partial charge in [-0.2, -0.15) is 26.3 Å². The zero-order valence-electron chi connectivity index (χ0n) is 23.5. The van der Waals surface area contributed by atoms with Crippen LogP contribution in [0.2, 0.25) is 0 Å². The van der Waals surface area contributed by atoms with E-state index in [2.05, 4.69) is 106 Å². The molecule has 3 nitrogen and oxygen atoms in total. The van der Waals surface area contributed by atoms with Gasteiger partial charge in [0.1, 0.15) is 0 Å². The molecule has 3 aromatic carbocycles. The number of rotatable bonds is 10. The Kier molecular flexibility index (Phi) is 11.7. The van der Waals surface area contributed by atoms with Crippen molar-refractivity contribution < 1.29 is 43.7 Å². The van der Waals surface area contributed by atoms with Crippen molar-refractivity contribution in [3.05, 3.63) is 90.5 Å². The summed E-state index contributed by atoms with van der Waals surface area (Å²) in [6.07, 6.45) is -5.05. The lowest BCUT2D eigenvalue weighted by molar-refractivity contribution is -0.300. The van der Waals surface area contributed by atoms with E-state index in [9.17, 15) is 43.7 Å². The molecule has 0 amide bonds. The second kappa shape index (κ2) is 13.8. The first kappa shape index (κ1) is 35.6. The van der Waals surface area contributed by atoms with Crippen molar-refractivity contribution in [1.29, 1.82) is 0 Å². The molecule has 1 atom stereocenters. The lowest BCUT2D eigenvalue weighted by atomic mass is 9.87. The van der Waals surface area contributed by atoms with Gasteiger partial charge in [0.2, 0.25) is 0 Å². The molecule has 1 unspecified atom stereocenters. The predicted octanol–water partition coefficient (Wildman–Crippen LogP) is 9.00. The Balaban J connectivity index is 0.000000301. The van der Waals surface area contributed by atoms with E-state index in [0.717, 1.165) is 0 Å². The summed E-state index contributed by atoms with van der Waals surface area (Å²) in [4.78, 5) is 4.10. The first-order valence-corrected chi connectivity index (χ1v) is 15.6. The Bertz CT molecular complexity index is 1320. The van der Waals surface area contributed by atoms with E-state index >= 15 is 0 Å². The molecule has 0 saturated carbocycles. The maximum absolute atomic E-state index is 12.9. The van der Waals surface area contributed by atoms with Gasteiger partial charge in [0.25, 0.3) is 0 Å². The van der Waals surface area contributed by atoms with Crippen LogP contribution in [0.4, 0.5) is 30.7 Å². The molecule has 0 aliphatic carbocycles. The summed E-state index contributed by atoms with van der Waals surface area (Å²) < 4.78 is 119. The number of alkyl halides is 7. The summed E-state index contributed by atoms with van der Waals surface area (Å²) in [6, 6.07) is 30.7. The monoisotopic (exact) mass is 638 g/mol. The number of hydrogen-bond donors (Lipinski definition) is 0. The molecule has 0 bridgehead atoms. The molecule has 3 rings (SSSR count). The van der Waals surface area contributed by atoms with E-state index in [1.807, 2.05) is 0 Å². The van der Waals surface area contributed by atoms with Crippen LogP contribution in [0.25, 0.3) is 0 Å². The van der Waals surface area contributed by atoms with Crippen molar-refractivity contribution in [3.8, 4) is 0 Å². The Morgan fingerprint density at radius 3 is 1.50 bits per heavy atom. The van der Waals surface area contributed by atoms with Crippen LogP contribution in [0.15, 0.2) is 99.6 Å². The Labute approximate surface area is 245 Å². The number of halogens is 7. The molecule has 0 fully saturated rings. The molecule has 0 N–H and O–H groups in total.